The summed E-state index contributed by atoms with van der Waals surface area (Å²) in [4.78, 5) is 16.1. The molecule has 2 heterocycles. The zero-order chi connectivity index (χ0) is 14.0. The molecule has 2 aliphatic rings. The van der Waals surface area contributed by atoms with E-state index in [0.717, 1.165) is 39.0 Å². The van der Waals surface area contributed by atoms with Crippen molar-refractivity contribution in [1.82, 2.24) is 15.1 Å². The minimum Gasteiger partial charge on any atom is -0.444 e. The summed E-state index contributed by atoms with van der Waals surface area (Å²) >= 11 is 0. The normalized spacial score (nSPS) is 23.3. The number of rotatable bonds is 2. The van der Waals surface area contributed by atoms with Crippen LogP contribution in [0.15, 0.2) is 0 Å². The van der Waals surface area contributed by atoms with Crippen molar-refractivity contribution < 1.29 is 9.53 Å². The molecule has 1 amide bonds. The number of nitrogens with one attached hydrogen (secondary N) is 1. The lowest BCUT2D eigenvalue weighted by atomic mass is 10.0. The van der Waals surface area contributed by atoms with E-state index in [1.54, 1.807) is 0 Å². The SMILES string of the molecule is CN1CC(NC2CCN(C(=O)OC(C)(C)C)CC2)C1. The number of nitrogens with zero attached hydrogens (tertiary/aromatic N) is 2. The van der Waals surface area contributed by atoms with Gasteiger partial charge in [0.2, 0.25) is 0 Å². The average molecular weight is 269 g/mol. The van der Waals surface area contributed by atoms with Crippen molar-refractivity contribution in [3.05, 3.63) is 0 Å². The second-order valence-corrected chi connectivity index (χ2v) is 6.83. The first-order chi connectivity index (χ1) is 8.83. The van der Waals surface area contributed by atoms with Gasteiger partial charge in [-0.05, 0) is 40.7 Å². The quantitative estimate of drug-likeness (QED) is 0.820. The number of likely N-dealkylation sites (N-methyl/N-ethyl adjacent to an activating group) is 1. The molecule has 0 radical (unpaired) electrons. The van der Waals surface area contributed by atoms with Crippen molar-refractivity contribution >= 4 is 6.09 Å². The lowest BCUT2D eigenvalue weighted by molar-refractivity contribution is 0.0187. The van der Waals surface area contributed by atoms with Crippen LogP contribution in [-0.4, -0.2) is 66.8 Å². The van der Waals surface area contributed by atoms with E-state index in [0.29, 0.717) is 12.1 Å². The number of carbonyl (C=O) groups is 1. The lowest BCUT2D eigenvalue weighted by Crippen LogP contribution is -2.60. The average Bonchev–Trinajstić information content (AvgIpc) is 2.25. The molecule has 0 atom stereocenters. The topological polar surface area (TPSA) is 44.8 Å². The monoisotopic (exact) mass is 269 g/mol. The largest absolute Gasteiger partial charge is 0.444 e. The molecule has 1 N–H and O–H groups in total. The highest BCUT2D eigenvalue weighted by molar-refractivity contribution is 5.68. The van der Waals surface area contributed by atoms with E-state index in [4.69, 9.17) is 4.74 Å². The Bertz CT molecular complexity index is 313. The fourth-order valence-electron chi connectivity index (χ4n) is 2.69. The zero-order valence-electron chi connectivity index (χ0n) is 12.6. The molecule has 0 aromatic heterocycles. The fraction of sp³-hybridized carbons (Fsp3) is 0.929. The molecule has 0 aromatic carbocycles. The summed E-state index contributed by atoms with van der Waals surface area (Å²) < 4.78 is 5.40. The Labute approximate surface area is 116 Å². The summed E-state index contributed by atoms with van der Waals surface area (Å²) in [5.41, 5.74) is -0.400. The number of likely N-dealkylation sites (tertiary alicyclic amines) is 2. The van der Waals surface area contributed by atoms with Gasteiger partial charge in [0.25, 0.3) is 0 Å². The first kappa shape index (κ1) is 14.6. The van der Waals surface area contributed by atoms with Crippen LogP contribution in [0.5, 0.6) is 0 Å². The van der Waals surface area contributed by atoms with E-state index >= 15 is 0 Å². The van der Waals surface area contributed by atoms with Crippen molar-refractivity contribution in [1.29, 1.82) is 0 Å². The van der Waals surface area contributed by atoms with E-state index in [1.807, 2.05) is 25.7 Å². The third-order valence-electron chi connectivity index (χ3n) is 3.68. The Balaban J connectivity index is 1.68. The second kappa shape index (κ2) is 5.67. The molecule has 2 saturated heterocycles. The van der Waals surface area contributed by atoms with E-state index in [2.05, 4.69) is 17.3 Å². The predicted molar refractivity (Wildman–Crippen MR) is 75.2 cm³/mol. The van der Waals surface area contributed by atoms with Gasteiger partial charge in [-0.25, -0.2) is 4.79 Å². The van der Waals surface area contributed by atoms with Crippen LogP contribution in [0.2, 0.25) is 0 Å². The minimum atomic E-state index is -0.400. The molecule has 0 aliphatic carbocycles. The van der Waals surface area contributed by atoms with Crippen LogP contribution in [-0.2, 0) is 4.74 Å². The van der Waals surface area contributed by atoms with E-state index in [-0.39, 0.29) is 6.09 Å². The number of hydrogen-bond acceptors (Lipinski definition) is 4. The van der Waals surface area contributed by atoms with Crippen LogP contribution in [0, 0.1) is 0 Å². The smallest absolute Gasteiger partial charge is 0.410 e. The first-order valence-electron chi connectivity index (χ1n) is 7.26. The molecule has 0 unspecified atom stereocenters. The molecule has 0 saturated carbocycles. The Morgan fingerprint density at radius 1 is 1.16 bits per heavy atom. The Kier molecular flexibility index (Phi) is 4.36. The van der Waals surface area contributed by atoms with Gasteiger partial charge in [0.05, 0.1) is 0 Å². The molecule has 5 heteroatoms. The van der Waals surface area contributed by atoms with Crippen molar-refractivity contribution in [3.63, 3.8) is 0 Å². The number of piperidine rings is 1. The van der Waals surface area contributed by atoms with Crippen LogP contribution in [0.4, 0.5) is 4.79 Å². The maximum absolute atomic E-state index is 11.9. The highest BCUT2D eigenvalue weighted by Crippen LogP contribution is 2.17. The predicted octanol–water partition coefficient (Wildman–Crippen LogP) is 1.29. The van der Waals surface area contributed by atoms with Gasteiger partial charge in [0.15, 0.2) is 0 Å². The van der Waals surface area contributed by atoms with Gasteiger partial charge in [-0.1, -0.05) is 0 Å². The third kappa shape index (κ3) is 4.35. The van der Waals surface area contributed by atoms with Crippen molar-refractivity contribution in [2.75, 3.05) is 33.2 Å². The van der Waals surface area contributed by atoms with E-state index in [9.17, 15) is 4.79 Å². The Hall–Kier alpha value is -0.810. The van der Waals surface area contributed by atoms with E-state index in [1.165, 1.54) is 0 Å². The molecule has 19 heavy (non-hydrogen) atoms. The zero-order valence-corrected chi connectivity index (χ0v) is 12.6. The molecule has 2 fully saturated rings. The van der Waals surface area contributed by atoms with Gasteiger partial charge in [-0.2, -0.15) is 0 Å². The molecule has 5 nitrogen and oxygen atoms in total. The molecule has 0 aromatic rings. The van der Waals surface area contributed by atoms with Crippen LogP contribution in [0.1, 0.15) is 33.6 Å². The van der Waals surface area contributed by atoms with Crippen molar-refractivity contribution in [2.45, 2.75) is 51.3 Å². The summed E-state index contributed by atoms with van der Waals surface area (Å²) in [7, 11) is 2.14. The molecule has 0 bridgehead atoms. The van der Waals surface area contributed by atoms with Gasteiger partial charge in [0.1, 0.15) is 5.60 Å². The van der Waals surface area contributed by atoms with Gasteiger partial charge in [0, 0.05) is 38.3 Å². The van der Waals surface area contributed by atoms with Crippen LogP contribution in [0.3, 0.4) is 0 Å². The Morgan fingerprint density at radius 3 is 2.21 bits per heavy atom. The second-order valence-electron chi connectivity index (χ2n) is 6.83. The Morgan fingerprint density at radius 2 is 1.74 bits per heavy atom. The van der Waals surface area contributed by atoms with Gasteiger partial charge >= 0.3 is 6.09 Å². The minimum absolute atomic E-state index is 0.172. The van der Waals surface area contributed by atoms with Crippen molar-refractivity contribution in [3.8, 4) is 0 Å². The summed E-state index contributed by atoms with van der Waals surface area (Å²) in [6.07, 6.45) is 1.88. The van der Waals surface area contributed by atoms with Gasteiger partial charge < -0.3 is 19.9 Å². The summed E-state index contributed by atoms with van der Waals surface area (Å²) in [5.74, 6) is 0. The first-order valence-corrected chi connectivity index (χ1v) is 7.26. The molecule has 2 aliphatic heterocycles. The summed E-state index contributed by atoms with van der Waals surface area (Å²) in [6, 6.07) is 1.19. The molecular weight excluding hydrogens is 242 g/mol. The lowest BCUT2D eigenvalue weighted by Gasteiger charge is -2.41. The number of hydrogen-bond donors (Lipinski definition) is 1. The highest BCUT2D eigenvalue weighted by Gasteiger charge is 2.30. The van der Waals surface area contributed by atoms with Gasteiger partial charge in [-0.3, -0.25) is 0 Å². The molecule has 110 valence electrons. The molecular formula is C14H27N3O2. The highest BCUT2D eigenvalue weighted by atomic mass is 16.6. The summed E-state index contributed by atoms with van der Waals surface area (Å²) in [6.45, 7) is 9.62. The maximum Gasteiger partial charge on any atom is 0.410 e. The van der Waals surface area contributed by atoms with Crippen molar-refractivity contribution in [2.24, 2.45) is 0 Å². The van der Waals surface area contributed by atoms with Crippen LogP contribution < -0.4 is 5.32 Å². The molecule has 0 spiro atoms. The van der Waals surface area contributed by atoms with Crippen LogP contribution in [0.25, 0.3) is 0 Å². The fourth-order valence-corrected chi connectivity index (χ4v) is 2.69. The maximum atomic E-state index is 11.9. The standard InChI is InChI=1S/C14H27N3O2/c1-14(2,3)19-13(18)17-7-5-11(6-8-17)15-12-9-16(4)10-12/h11-12,15H,5-10H2,1-4H3. The molecule has 2 rings (SSSR count). The third-order valence-corrected chi connectivity index (χ3v) is 3.68. The number of ether oxygens (including phenoxy) is 1. The summed E-state index contributed by atoms with van der Waals surface area (Å²) in [5, 5.41) is 3.67. The van der Waals surface area contributed by atoms with Gasteiger partial charge in [-0.15, -0.1) is 0 Å². The number of amides is 1. The van der Waals surface area contributed by atoms with E-state index < -0.39 is 5.60 Å². The number of carbonyl (C=O) groups excluding carboxylic acids is 1. The van der Waals surface area contributed by atoms with Crippen LogP contribution >= 0.6 is 0 Å².